The molecule has 27 heavy (non-hydrogen) atoms. The van der Waals surface area contributed by atoms with Crippen LogP contribution in [0.4, 0.5) is 11.4 Å². The standard InChI is InChI=1S/C20H15N3O3S/c24-18(22-14-6-2-1-3-7-14)12-23-19(25)17(27-20(23)26)10-13-11-21-16-9-5-4-8-15(13)16/h1-11,25H,12H2,(H,22,24)/b13-10-. The number of anilines is 1. The van der Waals surface area contributed by atoms with Crippen molar-refractivity contribution < 1.29 is 9.90 Å². The third kappa shape index (κ3) is 3.45. The van der Waals surface area contributed by atoms with Gasteiger partial charge in [-0.3, -0.25) is 19.1 Å². The molecule has 0 bridgehead atoms. The SMILES string of the molecule is O=C(Cn1c(O)c(/C=C2/C=Nc3ccccc32)sc1=O)Nc1ccccc1. The van der Waals surface area contributed by atoms with Gasteiger partial charge in [-0.25, -0.2) is 0 Å². The molecule has 0 saturated carbocycles. The quantitative estimate of drug-likeness (QED) is 0.730. The van der Waals surface area contributed by atoms with E-state index in [4.69, 9.17) is 0 Å². The molecule has 0 saturated heterocycles. The van der Waals surface area contributed by atoms with Crippen LogP contribution in [0.5, 0.6) is 5.88 Å². The lowest BCUT2D eigenvalue weighted by Crippen LogP contribution is -2.23. The first-order chi connectivity index (χ1) is 13.1. The van der Waals surface area contributed by atoms with Crippen LogP contribution in [0.25, 0.3) is 11.6 Å². The zero-order valence-corrected chi connectivity index (χ0v) is 14.9. The molecule has 0 radical (unpaired) electrons. The zero-order valence-electron chi connectivity index (χ0n) is 14.1. The van der Waals surface area contributed by atoms with Crippen LogP contribution in [0.2, 0.25) is 0 Å². The molecule has 0 aliphatic carbocycles. The lowest BCUT2D eigenvalue weighted by molar-refractivity contribution is -0.116. The maximum Gasteiger partial charge on any atom is 0.311 e. The van der Waals surface area contributed by atoms with Crippen LogP contribution < -0.4 is 10.2 Å². The van der Waals surface area contributed by atoms with Crippen molar-refractivity contribution in [3.05, 3.63) is 74.7 Å². The molecule has 134 valence electrons. The summed E-state index contributed by atoms with van der Waals surface area (Å²) >= 11 is 0.890. The molecule has 0 atom stereocenters. The van der Waals surface area contributed by atoms with Crippen LogP contribution in [-0.4, -0.2) is 21.8 Å². The number of aromatic nitrogens is 1. The van der Waals surface area contributed by atoms with Gasteiger partial charge in [-0.1, -0.05) is 47.7 Å². The minimum absolute atomic E-state index is 0.224. The van der Waals surface area contributed by atoms with Gasteiger partial charge in [-0.05, 0) is 24.3 Å². The zero-order chi connectivity index (χ0) is 18.8. The highest BCUT2D eigenvalue weighted by atomic mass is 32.1. The van der Waals surface area contributed by atoms with Crippen molar-refractivity contribution in [1.82, 2.24) is 4.57 Å². The minimum atomic E-state index is -0.397. The number of para-hydroxylation sites is 2. The van der Waals surface area contributed by atoms with E-state index in [1.807, 2.05) is 30.3 Å². The van der Waals surface area contributed by atoms with Gasteiger partial charge in [0.15, 0.2) is 0 Å². The Hall–Kier alpha value is -3.45. The van der Waals surface area contributed by atoms with E-state index in [0.717, 1.165) is 32.7 Å². The fourth-order valence-electron chi connectivity index (χ4n) is 2.81. The molecule has 3 aromatic rings. The molecule has 1 amide bonds. The molecule has 0 unspecified atom stereocenters. The summed E-state index contributed by atoms with van der Waals surface area (Å²) in [5.74, 6) is -0.609. The fourth-order valence-corrected chi connectivity index (χ4v) is 3.65. The molecule has 1 aromatic heterocycles. The first kappa shape index (κ1) is 17.0. The number of benzene rings is 2. The normalized spacial score (nSPS) is 13.7. The molecule has 2 heterocycles. The number of carbonyl (C=O) groups excluding carboxylic acids is 1. The Morgan fingerprint density at radius 1 is 1.15 bits per heavy atom. The van der Waals surface area contributed by atoms with Gasteiger partial charge in [0.1, 0.15) is 6.54 Å². The number of nitrogens with one attached hydrogen (secondary N) is 1. The minimum Gasteiger partial charge on any atom is -0.493 e. The molecule has 0 spiro atoms. The van der Waals surface area contributed by atoms with Crippen LogP contribution in [0.15, 0.2) is 64.4 Å². The topological polar surface area (TPSA) is 83.7 Å². The predicted molar refractivity (Wildman–Crippen MR) is 108 cm³/mol. The fraction of sp³-hybridized carbons (Fsp3) is 0.0500. The maximum absolute atomic E-state index is 12.2. The summed E-state index contributed by atoms with van der Waals surface area (Å²) in [5.41, 5.74) is 3.22. The van der Waals surface area contributed by atoms with Gasteiger partial charge in [-0.2, -0.15) is 0 Å². The highest BCUT2D eigenvalue weighted by Crippen LogP contribution is 2.34. The van der Waals surface area contributed by atoms with Crippen LogP contribution >= 0.6 is 11.3 Å². The highest BCUT2D eigenvalue weighted by molar-refractivity contribution is 7.10. The average molecular weight is 377 g/mol. The molecule has 2 aromatic carbocycles. The van der Waals surface area contributed by atoms with E-state index in [-0.39, 0.29) is 18.3 Å². The Kier molecular flexibility index (Phi) is 4.43. The molecule has 1 aliphatic heterocycles. The summed E-state index contributed by atoms with van der Waals surface area (Å²) in [4.78, 5) is 28.7. The second kappa shape index (κ2) is 7.05. The lowest BCUT2D eigenvalue weighted by Gasteiger charge is -2.06. The van der Waals surface area contributed by atoms with Gasteiger partial charge in [0, 0.05) is 23.0 Å². The first-order valence-corrected chi connectivity index (χ1v) is 9.06. The monoisotopic (exact) mass is 377 g/mol. The van der Waals surface area contributed by atoms with E-state index in [1.54, 1.807) is 36.6 Å². The van der Waals surface area contributed by atoms with Gasteiger partial charge in [0.05, 0.1) is 10.6 Å². The molecule has 7 heteroatoms. The molecule has 2 N–H and O–H groups in total. The summed E-state index contributed by atoms with van der Waals surface area (Å²) in [6, 6.07) is 16.6. The van der Waals surface area contributed by atoms with Crippen molar-refractivity contribution in [2.75, 3.05) is 5.32 Å². The number of hydrogen-bond acceptors (Lipinski definition) is 5. The molecule has 0 fully saturated rings. The number of nitrogens with zero attached hydrogens (tertiary/aromatic N) is 2. The summed E-state index contributed by atoms with van der Waals surface area (Å²) in [7, 11) is 0. The van der Waals surface area contributed by atoms with Gasteiger partial charge < -0.3 is 10.4 Å². The van der Waals surface area contributed by atoms with E-state index in [1.165, 1.54) is 0 Å². The smallest absolute Gasteiger partial charge is 0.311 e. The van der Waals surface area contributed by atoms with Crippen molar-refractivity contribution in [2.45, 2.75) is 6.54 Å². The summed E-state index contributed by atoms with van der Waals surface area (Å²) in [6.45, 7) is -0.260. The number of fused-ring (bicyclic) bond motifs is 1. The Labute approximate surface area is 158 Å². The van der Waals surface area contributed by atoms with Crippen molar-refractivity contribution in [2.24, 2.45) is 4.99 Å². The number of carbonyl (C=O) groups is 1. The van der Waals surface area contributed by atoms with Crippen molar-refractivity contribution in [3.8, 4) is 5.88 Å². The van der Waals surface area contributed by atoms with Crippen LogP contribution in [0.1, 0.15) is 10.4 Å². The second-order valence-electron chi connectivity index (χ2n) is 5.93. The largest absolute Gasteiger partial charge is 0.493 e. The summed E-state index contributed by atoms with van der Waals surface area (Å²) in [5, 5.41) is 13.1. The third-order valence-electron chi connectivity index (χ3n) is 4.10. The third-order valence-corrected chi connectivity index (χ3v) is 5.01. The van der Waals surface area contributed by atoms with Crippen molar-refractivity contribution in [1.29, 1.82) is 0 Å². The Bertz CT molecular complexity index is 1130. The van der Waals surface area contributed by atoms with Gasteiger partial charge in [0.2, 0.25) is 11.8 Å². The molecular formula is C20H15N3O3S. The lowest BCUT2D eigenvalue weighted by atomic mass is 10.1. The summed E-state index contributed by atoms with van der Waals surface area (Å²) in [6.07, 6.45) is 3.41. The molecule has 1 aliphatic rings. The molecular weight excluding hydrogens is 362 g/mol. The average Bonchev–Trinajstić information content (AvgIpc) is 3.19. The van der Waals surface area contributed by atoms with E-state index in [0.29, 0.717) is 10.6 Å². The van der Waals surface area contributed by atoms with Gasteiger partial charge in [-0.15, -0.1) is 0 Å². The van der Waals surface area contributed by atoms with E-state index in [2.05, 4.69) is 10.3 Å². The number of allylic oxidation sites excluding steroid dienone is 1. The molecule has 4 rings (SSSR count). The van der Waals surface area contributed by atoms with Gasteiger partial charge >= 0.3 is 4.87 Å². The number of aromatic hydroxyl groups is 1. The predicted octanol–water partition coefficient (Wildman–Crippen LogP) is 3.51. The maximum atomic E-state index is 12.2. The van der Waals surface area contributed by atoms with E-state index >= 15 is 0 Å². The number of hydrogen-bond donors (Lipinski definition) is 2. The number of aliphatic imine (C=N–C) groups is 1. The Morgan fingerprint density at radius 3 is 2.70 bits per heavy atom. The number of amides is 1. The Morgan fingerprint density at radius 2 is 1.89 bits per heavy atom. The summed E-state index contributed by atoms with van der Waals surface area (Å²) < 4.78 is 1.06. The van der Waals surface area contributed by atoms with E-state index in [9.17, 15) is 14.7 Å². The van der Waals surface area contributed by atoms with Crippen LogP contribution in [0.3, 0.4) is 0 Å². The van der Waals surface area contributed by atoms with Gasteiger partial charge in [0.25, 0.3) is 0 Å². The first-order valence-electron chi connectivity index (χ1n) is 8.24. The molecule has 6 nitrogen and oxygen atoms in total. The van der Waals surface area contributed by atoms with Crippen LogP contribution in [-0.2, 0) is 11.3 Å². The number of rotatable bonds is 4. The van der Waals surface area contributed by atoms with E-state index < -0.39 is 4.87 Å². The Balaban J connectivity index is 1.58. The second-order valence-corrected chi connectivity index (χ2v) is 6.92. The van der Waals surface area contributed by atoms with Crippen molar-refractivity contribution in [3.63, 3.8) is 0 Å². The van der Waals surface area contributed by atoms with Crippen molar-refractivity contribution >= 4 is 46.5 Å². The number of thiazole rings is 1. The van der Waals surface area contributed by atoms with Crippen LogP contribution in [0, 0.1) is 0 Å². The highest BCUT2D eigenvalue weighted by Gasteiger charge is 2.18.